The maximum absolute atomic E-state index is 12.6. The number of carbonyl (C=O) groups excluding carboxylic acids is 2. The number of nitrogens with zero attached hydrogens (tertiary/aromatic N) is 3. The van der Waals surface area contributed by atoms with Crippen molar-refractivity contribution in [2.24, 2.45) is 0 Å². The highest BCUT2D eigenvalue weighted by Gasteiger charge is 2.27. The number of amides is 2. The van der Waals surface area contributed by atoms with Gasteiger partial charge in [0.2, 0.25) is 5.91 Å². The second-order valence-corrected chi connectivity index (χ2v) is 7.13. The molecular formula is C18H22N4O2S. The third kappa shape index (κ3) is 4.63. The van der Waals surface area contributed by atoms with Crippen molar-refractivity contribution in [3.8, 4) is 0 Å². The predicted molar refractivity (Wildman–Crippen MR) is 96.6 cm³/mol. The molecule has 1 N–H and O–H groups in total. The Balaban J connectivity index is 1.61. The van der Waals surface area contributed by atoms with Crippen molar-refractivity contribution < 1.29 is 9.59 Å². The number of thiazole rings is 1. The number of hydrogen-bond acceptors (Lipinski definition) is 5. The lowest BCUT2D eigenvalue weighted by atomic mass is 9.98. The van der Waals surface area contributed by atoms with E-state index in [0.717, 1.165) is 36.5 Å². The van der Waals surface area contributed by atoms with Crippen molar-refractivity contribution in [1.29, 1.82) is 0 Å². The Morgan fingerprint density at radius 3 is 3.08 bits per heavy atom. The first-order chi connectivity index (χ1) is 12.1. The molecule has 1 atom stereocenters. The van der Waals surface area contributed by atoms with E-state index in [2.05, 4.69) is 15.7 Å². The van der Waals surface area contributed by atoms with E-state index < -0.39 is 0 Å². The van der Waals surface area contributed by atoms with Gasteiger partial charge in [0.15, 0.2) is 0 Å². The maximum Gasteiger partial charge on any atom is 0.255 e. The van der Waals surface area contributed by atoms with Crippen molar-refractivity contribution in [3.63, 3.8) is 0 Å². The van der Waals surface area contributed by atoms with Crippen molar-refractivity contribution in [2.75, 3.05) is 19.6 Å². The van der Waals surface area contributed by atoms with Crippen molar-refractivity contribution >= 4 is 23.2 Å². The van der Waals surface area contributed by atoms with Crippen LogP contribution in [0.3, 0.4) is 0 Å². The van der Waals surface area contributed by atoms with Crippen LogP contribution in [0.1, 0.15) is 46.7 Å². The minimum absolute atomic E-state index is 0.0210. The van der Waals surface area contributed by atoms with Crippen LogP contribution in [-0.4, -0.2) is 46.3 Å². The zero-order valence-electron chi connectivity index (χ0n) is 14.3. The van der Waals surface area contributed by atoms with Crippen molar-refractivity contribution in [3.05, 3.63) is 46.2 Å². The molecule has 1 fully saturated rings. The smallest absolute Gasteiger partial charge is 0.255 e. The van der Waals surface area contributed by atoms with Crippen molar-refractivity contribution in [2.45, 2.75) is 32.1 Å². The van der Waals surface area contributed by atoms with Crippen LogP contribution >= 0.6 is 11.3 Å². The van der Waals surface area contributed by atoms with Crippen LogP contribution < -0.4 is 5.32 Å². The molecule has 0 radical (unpaired) electrons. The number of pyridine rings is 1. The van der Waals surface area contributed by atoms with Crippen LogP contribution in [0.4, 0.5) is 0 Å². The summed E-state index contributed by atoms with van der Waals surface area (Å²) in [5, 5.41) is 5.93. The van der Waals surface area contributed by atoms with Gasteiger partial charge >= 0.3 is 0 Å². The Kier molecular flexibility index (Phi) is 5.75. The zero-order chi connectivity index (χ0) is 17.6. The quantitative estimate of drug-likeness (QED) is 0.889. The number of rotatable bonds is 5. The SMILES string of the molecule is CC(=O)NCCc1csc([C@H]2CCCN(C(=O)c3cccnc3)C2)n1. The Labute approximate surface area is 151 Å². The summed E-state index contributed by atoms with van der Waals surface area (Å²) < 4.78 is 0. The Morgan fingerprint density at radius 2 is 2.32 bits per heavy atom. The number of aromatic nitrogens is 2. The molecule has 0 spiro atoms. The van der Waals surface area contributed by atoms with Crippen LogP contribution in [0.2, 0.25) is 0 Å². The van der Waals surface area contributed by atoms with Gasteiger partial charge in [0.05, 0.1) is 16.3 Å². The second-order valence-electron chi connectivity index (χ2n) is 6.24. The normalized spacial score (nSPS) is 17.3. The summed E-state index contributed by atoms with van der Waals surface area (Å²) >= 11 is 1.65. The van der Waals surface area contributed by atoms with Gasteiger partial charge in [0.25, 0.3) is 5.91 Å². The summed E-state index contributed by atoms with van der Waals surface area (Å²) in [4.78, 5) is 34.2. The van der Waals surface area contributed by atoms with E-state index in [0.29, 0.717) is 18.7 Å². The third-order valence-electron chi connectivity index (χ3n) is 4.29. The number of hydrogen-bond donors (Lipinski definition) is 1. The number of likely N-dealkylation sites (tertiary alicyclic amines) is 1. The molecule has 0 bridgehead atoms. The van der Waals surface area contributed by atoms with Crippen LogP contribution in [0, 0.1) is 0 Å². The minimum atomic E-state index is -0.0210. The van der Waals surface area contributed by atoms with Gasteiger partial charge in [-0.1, -0.05) is 0 Å². The van der Waals surface area contributed by atoms with E-state index >= 15 is 0 Å². The number of piperidine rings is 1. The van der Waals surface area contributed by atoms with Crippen LogP contribution in [0.5, 0.6) is 0 Å². The summed E-state index contributed by atoms with van der Waals surface area (Å²) in [5.74, 6) is 0.307. The molecule has 2 amide bonds. The molecule has 1 aliphatic rings. The lowest BCUT2D eigenvalue weighted by Crippen LogP contribution is -2.39. The van der Waals surface area contributed by atoms with E-state index in [9.17, 15) is 9.59 Å². The van der Waals surface area contributed by atoms with Gasteiger partial charge in [0, 0.05) is 56.7 Å². The molecule has 2 aromatic rings. The largest absolute Gasteiger partial charge is 0.356 e. The average Bonchev–Trinajstić information content (AvgIpc) is 3.10. The van der Waals surface area contributed by atoms with Gasteiger partial charge in [-0.05, 0) is 25.0 Å². The van der Waals surface area contributed by atoms with Crippen LogP contribution in [0.25, 0.3) is 0 Å². The molecule has 132 valence electrons. The minimum Gasteiger partial charge on any atom is -0.356 e. The van der Waals surface area contributed by atoms with E-state index in [1.54, 1.807) is 29.8 Å². The lowest BCUT2D eigenvalue weighted by molar-refractivity contribution is -0.118. The molecule has 3 heterocycles. The van der Waals surface area contributed by atoms with Gasteiger partial charge in [0.1, 0.15) is 0 Å². The van der Waals surface area contributed by atoms with Gasteiger partial charge < -0.3 is 10.2 Å². The third-order valence-corrected chi connectivity index (χ3v) is 5.35. The average molecular weight is 358 g/mol. The van der Waals surface area contributed by atoms with E-state index in [-0.39, 0.29) is 17.7 Å². The van der Waals surface area contributed by atoms with E-state index in [4.69, 9.17) is 4.98 Å². The Bertz CT molecular complexity index is 732. The fourth-order valence-electron chi connectivity index (χ4n) is 3.03. The molecule has 7 heteroatoms. The second kappa shape index (κ2) is 8.20. The molecular weight excluding hydrogens is 336 g/mol. The monoisotopic (exact) mass is 358 g/mol. The van der Waals surface area contributed by atoms with Gasteiger partial charge in [-0.2, -0.15) is 0 Å². The predicted octanol–water partition coefficient (Wildman–Crippen LogP) is 2.24. The highest BCUT2D eigenvalue weighted by Crippen LogP contribution is 2.30. The van der Waals surface area contributed by atoms with E-state index in [1.165, 1.54) is 6.92 Å². The van der Waals surface area contributed by atoms with Gasteiger partial charge in [-0.15, -0.1) is 11.3 Å². The molecule has 0 aliphatic carbocycles. The molecule has 0 saturated carbocycles. The topological polar surface area (TPSA) is 75.2 Å². The van der Waals surface area contributed by atoms with Gasteiger partial charge in [-0.25, -0.2) is 4.98 Å². The molecule has 2 aromatic heterocycles. The highest BCUT2D eigenvalue weighted by atomic mass is 32.1. The lowest BCUT2D eigenvalue weighted by Gasteiger charge is -2.31. The van der Waals surface area contributed by atoms with Crippen LogP contribution in [0.15, 0.2) is 29.9 Å². The Morgan fingerprint density at radius 1 is 1.44 bits per heavy atom. The van der Waals surface area contributed by atoms with Gasteiger partial charge in [-0.3, -0.25) is 14.6 Å². The maximum atomic E-state index is 12.6. The number of carbonyl (C=O) groups is 2. The first-order valence-electron chi connectivity index (χ1n) is 8.51. The van der Waals surface area contributed by atoms with Crippen molar-refractivity contribution in [1.82, 2.24) is 20.2 Å². The number of nitrogens with one attached hydrogen (secondary N) is 1. The molecule has 3 rings (SSSR count). The fourth-order valence-corrected chi connectivity index (χ4v) is 4.01. The molecule has 0 unspecified atom stereocenters. The summed E-state index contributed by atoms with van der Waals surface area (Å²) in [5.41, 5.74) is 1.64. The molecule has 1 aliphatic heterocycles. The summed E-state index contributed by atoms with van der Waals surface area (Å²) in [6, 6.07) is 3.60. The first kappa shape index (κ1) is 17.5. The molecule has 1 saturated heterocycles. The standard InChI is InChI=1S/C18H22N4O2S/c1-13(23)20-8-6-16-12-25-17(21-16)15-5-3-9-22(11-15)18(24)14-4-2-7-19-10-14/h2,4,7,10,12,15H,3,5-6,8-9,11H2,1H3,(H,20,23)/t15-/m0/s1. The Hall–Kier alpha value is -2.28. The van der Waals surface area contributed by atoms with E-state index in [1.807, 2.05) is 11.0 Å². The first-order valence-corrected chi connectivity index (χ1v) is 9.39. The molecule has 6 nitrogen and oxygen atoms in total. The fraction of sp³-hybridized carbons (Fsp3) is 0.444. The highest BCUT2D eigenvalue weighted by molar-refractivity contribution is 7.09. The summed E-state index contributed by atoms with van der Waals surface area (Å²) in [6.45, 7) is 3.61. The summed E-state index contributed by atoms with van der Waals surface area (Å²) in [7, 11) is 0. The zero-order valence-corrected chi connectivity index (χ0v) is 15.1. The summed E-state index contributed by atoms with van der Waals surface area (Å²) in [6.07, 6.45) is 6.07. The molecule has 0 aromatic carbocycles. The molecule has 25 heavy (non-hydrogen) atoms. The van der Waals surface area contributed by atoms with Crippen LogP contribution in [-0.2, 0) is 11.2 Å².